The molecule has 1 aromatic carbocycles. The van der Waals surface area contributed by atoms with E-state index in [9.17, 15) is 9.59 Å². The van der Waals surface area contributed by atoms with E-state index in [0.29, 0.717) is 10.1 Å². The average Bonchev–Trinajstić information content (AvgIpc) is 3.34. The van der Waals surface area contributed by atoms with Crippen molar-refractivity contribution in [1.82, 2.24) is 15.5 Å². The lowest BCUT2D eigenvalue weighted by molar-refractivity contribution is -0.127. The van der Waals surface area contributed by atoms with E-state index < -0.39 is 6.04 Å². The van der Waals surface area contributed by atoms with Crippen molar-refractivity contribution in [3.63, 3.8) is 0 Å². The highest BCUT2D eigenvalue weighted by Gasteiger charge is 2.31. The van der Waals surface area contributed by atoms with Crippen LogP contribution in [0.5, 0.6) is 5.75 Å². The Balaban J connectivity index is 1.62. The molecule has 0 bridgehead atoms. The van der Waals surface area contributed by atoms with Crippen LogP contribution < -0.4 is 15.4 Å². The van der Waals surface area contributed by atoms with Crippen LogP contribution in [0.1, 0.15) is 19.8 Å². The normalized spacial score (nSPS) is 14.8. The van der Waals surface area contributed by atoms with Gasteiger partial charge in [-0.3, -0.25) is 14.9 Å². The summed E-state index contributed by atoms with van der Waals surface area (Å²) in [7, 11) is 1.60. The van der Waals surface area contributed by atoms with Gasteiger partial charge in [-0.1, -0.05) is 23.5 Å². The number of carbonyl (C=O) groups excluding carboxylic acids is 2. The molecule has 0 saturated heterocycles. The summed E-state index contributed by atoms with van der Waals surface area (Å²) in [5.41, 5.74) is 0.863. The Labute approximate surface area is 143 Å². The van der Waals surface area contributed by atoms with Gasteiger partial charge in [0.05, 0.1) is 7.11 Å². The molecule has 0 spiro atoms. The second-order valence-electron chi connectivity index (χ2n) is 5.64. The molecular formula is C16H18N4O3S. The molecule has 1 saturated carbocycles. The number of methoxy groups -OCH3 is 1. The van der Waals surface area contributed by atoms with E-state index >= 15 is 0 Å². The van der Waals surface area contributed by atoms with Gasteiger partial charge in [0.2, 0.25) is 16.9 Å². The van der Waals surface area contributed by atoms with E-state index in [-0.39, 0.29) is 17.7 Å². The highest BCUT2D eigenvalue weighted by molar-refractivity contribution is 7.18. The number of hydrogen-bond donors (Lipinski definition) is 2. The van der Waals surface area contributed by atoms with E-state index in [1.807, 2.05) is 24.3 Å². The summed E-state index contributed by atoms with van der Waals surface area (Å²) < 4.78 is 5.19. The number of nitrogens with one attached hydrogen (secondary N) is 2. The van der Waals surface area contributed by atoms with Crippen molar-refractivity contribution in [2.45, 2.75) is 25.8 Å². The number of amides is 2. The molecule has 3 rings (SSSR count). The number of benzene rings is 1. The SMILES string of the molecule is COc1cccc(-c2nnc(NC(=O)[C@H](C)NC(=O)C3CC3)s2)c1. The lowest BCUT2D eigenvalue weighted by Gasteiger charge is -2.12. The van der Waals surface area contributed by atoms with Crippen molar-refractivity contribution in [3.05, 3.63) is 24.3 Å². The third kappa shape index (κ3) is 3.88. The van der Waals surface area contributed by atoms with Crippen molar-refractivity contribution in [2.24, 2.45) is 5.92 Å². The minimum atomic E-state index is -0.609. The van der Waals surface area contributed by atoms with Crippen LogP contribution >= 0.6 is 11.3 Å². The van der Waals surface area contributed by atoms with Crippen molar-refractivity contribution in [2.75, 3.05) is 12.4 Å². The molecule has 0 aliphatic heterocycles. The van der Waals surface area contributed by atoms with Gasteiger partial charge in [-0.15, -0.1) is 10.2 Å². The molecular weight excluding hydrogens is 328 g/mol. The van der Waals surface area contributed by atoms with E-state index in [1.165, 1.54) is 11.3 Å². The number of aromatic nitrogens is 2. The van der Waals surface area contributed by atoms with Crippen LogP contribution in [0, 0.1) is 5.92 Å². The number of rotatable bonds is 6. The summed E-state index contributed by atoms with van der Waals surface area (Å²) in [6, 6.07) is 6.85. The van der Waals surface area contributed by atoms with Crippen LogP contribution in [0.4, 0.5) is 5.13 Å². The largest absolute Gasteiger partial charge is 0.497 e. The van der Waals surface area contributed by atoms with Crippen molar-refractivity contribution < 1.29 is 14.3 Å². The standard InChI is InChI=1S/C16H18N4O3S/c1-9(17-14(22)10-6-7-10)13(21)18-16-20-19-15(24-16)11-4-3-5-12(8-11)23-2/h3-5,8-10H,6-7H2,1-2H3,(H,17,22)(H,18,20,21)/t9-/m0/s1. The first-order valence-electron chi connectivity index (χ1n) is 7.66. The van der Waals surface area contributed by atoms with Crippen LogP contribution in [0.2, 0.25) is 0 Å². The van der Waals surface area contributed by atoms with Gasteiger partial charge in [0, 0.05) is 11.5 Å². The molecule has 7 nitrogen and oxygen atoms in total. The fourth-order valence-corrected chi connectivity index (χ4v) is 2.85. The van der Waals surface area contributed by atoms with Crippen LogP contribution in [0.3, 0.4) is 0 Å². The summed E-state index contributed by atoms with van der Waals surface area (Å²) in [4.78, 5) is 23.8. The molecule has 0 radical (unpaired) electrons. The second-order valence-corrected chi connectivity index (χ2v) is 6.62. The Hall–Kier alpha value is -2.48. The van der Waals surface area contributed by atoms with Gasteiger partial charge in [-0.25, -0.2) is 0 Å². The first-order chi connectivity index (χ1) is 11.6. The molecule has 1 aromatic heterocycles. The zero-order chi connectivity index (χ0) is 17.1. The quantitative estimate of drug-likeness (QED) is 0.835. The lowest BCUT2D eigenvalue weighted by Crippen LogP contribution is -2.42. The topological polar surface area (TPSA) is 93.2 Å². The van der Waals surface area contributed by atoms with Crippen LogP contribution in [-0.2, 0) is 9.59 Å². The smallest absolute Gasteiger partial charge is 0.248 e. The predicted octanol–water partition coefficient (Wildman–Crippen LogP) is 2.07. The van der Waals surface area contributed by atoms with Crippen molar-refractivity contribution in [1.29, 1.82) is 0 Å². The average molecular weight is 346 g/mol. The Bertz CT molecular complexity index is 757. The highest BCUT2D eigenvalue weighted by atomic mass is 32.1. The monoisotopic (exact) mass is 346 g/mol. The third-order valence-electron chi connectivity index (χ3n) is 3.67. The van der Waals surface area contributed by atoms with Crippen LogP contribution in [0.15, 0.2) is 24.3 Å². The third-order valence-corrected chi connectivity index (χ3v) is 4.56. The molecule has 1 heterocycles. The molecule has 0 unspecified atom stereocenters. The summed E-state index contributed by atoms with van der Waals surface area (Å²) >= 11 is 1.27. The zero-order valence-corrected chi connectivity index (χ0v) is 14.2. The molecule has 24 heavy (non-hydrogen) atoms. The summed E-state index contributed by atoms with van der Waals surface area (Å²) in [6.07, 6.45) is 1.81. The van der Waals surface area contributed by atoms with Crippen LogP contribution in [-0.4, -0.2) is 35.2 Å². The Kier molecular flexibility index (Phi) is 4.75. The van der Waals surface area contributed by atoms with Gasteiger partial charge in [0.15, 0.2) is 0 Å². The first-order valence-corrected chi connectivity index (χ1v) is 8.47. The molecule has 126 valence electrons. The van der Waals surface area contributed by atoms with E-state index in [1.54, 1.807) is 14.0 Å². The molecule has 8 heteroatoms. The number of anilines is 1. The van der Waals surface area contributed by atoms with Gasteiger partial charge in [-0.05, 0) is 31.9 Å². The Morgan fingerprint density at radius 3 is 2.83 bits per heavy atom. The van der Waals surface area contributed by atoms with Crippen molar-refractivity contribution >= 4 is 28.3 Å². The van der Waals surface area contributed by atoms with Gasteiger partial charge >= 0.3 is 0 Å². The minimum absolute atomic E-state index is 0.0630. The molecule has 1 atom stereocenters. The van der Waals surface area contributed by atoms with Gasteiger partial charge in [0.1, 0.15) is 16.8 Å². The van der Waals surface area contributed by atoms with Gasteiger partial charge in [0.25, 0.3) is 0 Å². The maximum Gasteiger partial charge on any atom is 0.248 e. The second kappa shape index (κ2) is 6.96. The van der Waals surface area contributed by atoms with E-state index in [2.05, 4.69) is 20.8 Å². The molecule has 2 amide bonds. The number of carbonyl (C=O) groups is 2. The highest BCUT2D eigenvalue weighted by Crippen LogP contribution is 2.30. The molecule has 1 aliphatic rings. The number of ether oxygens (including phenoxy) is 1. The molecule has 2 N–H and O–H groups in total. The zero-order valence-electron chi connectivity index (χ0n) is 13.4. The lowest BCUT2D eigenvalue weighted by atomic mass is 10.2. The molecule has 2 aromatic rings. The maximum atomic E-state index is 12.1. The Morgan fingerprint density at radius 1 is 1.33 bits per heavy atom. The van der Waals surface area contributed by atoms with Gasteiger partial charge in [-0.2, -0.15) is 0 Å². The number of nitrogens with zero attached hydrogens (tertiary/aromatic N) is 2. The van der Waals surface area contributed by atoms with Crippen molar-refractivity contribution in [3.8, 4) is 16.3 Å². The Morgan fingerprint density at radius 2 is 2.12 bits per heavy atom. The minimum Gasteiger partial charge on any atom is -0.497 e. The number of hydrogen-bond acceptors (Lipinski definition) is 6. The fourth-order valence-electron chi connectivity index (χ4n) is 2.10. The summed E-state index contributed by atoms with van der Waals surface area (Å²) in [5, 5.41) is 14.5. The predicted molar refractivity (Wildman–Crippen MR) is 90.9 cm³/mol. The first kappa shape index (κ1) is 16.4. The van der Waals surface area contributed by atoms with E-state index in [0.717, 1.165) is 24.2 Å². The molecule has 1 fully saturated rings. The maximum absolute atomic E-state index is 12.1. The van der Waals surface area contributed by atoms with Gasteiger partial charge < -0.3 is 10.1 Å². The summed E-state index contributed by atoms with van der Waals surface area (Å²) in [6.45, 7) is 1.65. The fraction of sp³-hybridized carbons (Fsp3) is 0.375. The van der Waals surface area contributed by atoms with E-state index in [4.69, 9.17) is 4.74 Å². The van der Waals surface area contributed by atoms with Crippen LogP contribution in [0.25, 0.3) is 10.6 Å². The molecule has 1 aliphatic carbocycles. The summed E-state index contributed by atoms with van der Waals surface area (Å²) in [5.74, 6) is 0.426.